The zero-order chi connectivity index (χ0) is 14.5. The first kappa shape index (κ1) is 13.2. The number of pyridine rings is 1. The molecule has 0 radical (unpaired) electrons. The lowest BCUT2D eigenvalue weighted by Gasteiger charge is -2.11. The molecule has 0 spiro atoms. The zero-order valence-corrected chi connectivity index (χ0v) is 11.4. The average molecular weight is 281 g/mol. The molecule has 3 rings (SSSR count). The molecule has 0 fully saturated rings. The number of aromatic hydroxyl groups is 1. The number of hydrogen-bond donors (Lipinski definition) is 1. The Morgan fingerprint density at radius 3 is 2.86 bits per heavy atom. The first-order chi connectivity index (χ1) is 10.3. The number of para-hydroxylation sites is 1. The highest BCUT2D eigenvalue weighted by Crippen LogP contribution is 2.30. The summed E-state index contributed by atoms with van der Waals surface area (Å²) in [5, 5.41) is 9.55. The van der Waals surface area contributed by atoms with Crippen molar-refractivity contribution in [2.24, 2.45) is 0 Å². The maximum Gasteiger partial charge on any atom is 0.134 e. The van der Waals surface area contributed by atoms with Crippen molar-refractivity contribution in [1.29, 1.82) is 0 Å². The topological polar surface area (TPSA) is 60.2 Å². The van der Waals surface area contributed by atoms with E-state index in [0.29, 0.717) is 6.61 Å². The van der Waals surface area contributed by atoms with E-state index in [2.05, 4.69) is 9.97 Å². The molecular weight excluding hydrogens is 266 g/mol. The fourth-order valence-electron chi connectivity index (χ4n) is 2.09. The van der Waals surface area contributed by atoms with Gasteiger partial charge in [-0.2, -0.15) is 0 Å². The maximum atomic E-state index is 9.55. The molecule has 0 atom stereocenters. The van der Waals surface area contributed by atoms with Gasteiger partial charge in [-0.25, -0.2) is 4.98 Å². The Morgan fingerprint density at radius 1 is 1.14 bits per heavy atom. The average Bonchev–Trinajstić information content (AvgIpc) is 3.01. The van der Waals surface area contributed by atoms with Crippen LogP contribution in [-0.2, 0) is 6.54 Å². The fraction of sp³-hybridized carbons (Fsp3) is 0.125. The second kappa shape index (κ2) is 6.09. The van der Waals surface area contributed by atoms with Crippen molar-refractivity contribution in [1.82, 2.24) is 14.5 Å². The quantitative estimate of drug-likeness (QED) is 0.781. The van der Waals surface area contributed by atoms with E-state index in [-0.39, 0.29) is 5.75 Å². The van der Waals surface area contributed by atoms with Gasteiger partial charge in [-0.05, 0) is 12.1 Å². The summed E-state index contributed by atoms with van der Waals surface area (Å²) in [6.45, 7) is 1.27. The number of imidazole rings is 1. The van der Waals surface area contributed by atoms with Crippen LogP contribution in [0, 0.1) is 0 Å². The molecule has 1 aromatic carbocycles. The largest absolute Gasteiger partial charge is 0.506 e. The van der Waals surface area contributed by atoms with E-state index >= 15 is 0 Å². The Bertz CT molecular complexity index is 711. The minimum Gasteiger partial charge on any atom is -0.506 e. The van der Waals surface area contributed by atoms with Crippen molar-refractivity contribution in [3.05, 3.63) is 61.4 Å². The minimum absolute atomic E-state index is 0.140. The van der Waals surface area contributed by atoms with Gasteiger partial charge in [0.15, 0.2) is 0 Å². The summed E-state index contributed by atoms with van der Waals surface area (Å²) in [5.74, 6) is 0.908. The smallest absolute Gasteiger partial charge is 0.134 e. The number of nitrogens with zero attached hydrogens (tertiary/aromatic N) is 3. The molecule has 1 N–H and O–H groups in total. The normalized spacial score (nSPS) is 10.5. The molecule has 0 aliphatic carbocycles. The lowest BCUT2D eigenvalue weighted by atomic mass is 10.1. The van der Waals surface area contributed by atoms with Crippen LogP contribution in [0.1, 0.15) is 0 Å². The summed E-state index contributed by atoms with van der Waals surface area (Å²) in [6, 6.07) is 9.38. The molecule has 2 aromatic heterocycles. The molecule has 0 saturated carbocycles. The predicted molar refractivity (Wildman–Crippen MR) is 79.1 cm³/mol. The third-order valence-electron chi connectivity index (χ3n) is 3.09. The van der Waals surface area contributed by atoms with Gasteiger partial charge in [0.1, 0.15) is 18.1 Å². The number of ether oxygens (including phenoxy) is 1. The van der Waals surface area contributed by atoms with Crippen LogP contribution >= 0.6 is 0 Å². The summed E-state index contributed by atoms with van der Waals surface area (Å²) < 4.78 is 7.80. The number of rotatable bonds is 5. The SMILES string of the molecule is Oc1cncc(-c2ccccc2OCCn2ccnc2)c1. The third-order valence-corrected chi connectivity index (χ3v) is 3.09. The Balaban J connectivity index is 1.76. The molecule has 2 heterocycles. The van der Waals surface area contributed by atoms with Crippen LogP contribution in [0.25, 0.3) is 11.1 Å². The molecule has 3 aromatic rings. The molecule has 0 unspecified atom stereocenters. The van der Waals surface area contributed by atoms with Crippen LogP contribution in [0.5, 0.6) is 11.5 Å². The van der Waals surface area contributed by atoms with Gasteiger partial charge < -0.3 is 14.4 Å². The van der Waals surface area contributed by atoms with E-state index in [1.54, 1.807) is 24.8 Å². The minimum atomic E-state index is 0.140. The number of benzene rings is 1. The van der Waals surface area contributed by atoms with Crippen molar-refractivity contribution in [3.8, 4) is 22.6 Å². The second-order valence-corrected chi connectivity index (χ2v) is 4.58. The lowest BCUT2D eigenvalue weighted by Crippen LogP contribution is -2.07. The highest BCUT2D eigenvalue weighted by atomic mass is 16.5. The molecule has 0 aliphatic heterocycles. The van der Waals surface area contributed by atoms with E-state index in [4.69, 9.17) is 4.74 Å². The molecule has 0 bridgehead atoms. The number of hydrogen-bond acceptors (Lipinski definition) is 4. The van der Waals surface area contributed by atoms with Gasteiger partial charge >= 0.3 is 0 Å². The van der Waals surface area contributed by atoms with Crippen LogP contribution < -0.4 is 4.74 Å². The van der Waals surface area contributed by atoms with E-state index in [1.807, 2.05) is 35.0 Å². The summed E-state index contributed by atoms with van der Waals surface area (Å²) in [7, 11) is 0. The predicted octanol–water partition coefficient (Wildman–Crippen LogP) is 2.73. The molecule has 106 valence electrons. The van der Waals surface area contributed by atoms with Crippen molar-refractivity contribution >= 4 is 0 Å². The van der Waals surface area contributed by atoms with Gasteiger partial charge in [0.25, 0.3) is 0 Å². The van der Waals surface area contributed by atoms with Gasteiger partial charge in [-0.15, -0.1) is 0 Å². The van der Waals surface area contributed by atoms with Gasteiger partial charge in [0.05, 0.1) is 19.1 Å². The Morgan fingerprint density at radius 2 is 2.05 bits per heavy atom. The van der Waals surface area contributed by atoms with Crippen molar-refractivity contribution in [3.63, 3.8) is 0 Å². The Labute approximate surface area is 122 Å². The summed E-state index contributed by atoms with van der Waals surface area (Å²) in [6.07, 6.45) is 8.51. The van der Waals surface area contributed by atoms with Gasteiger partial charge in [-0.1, -0.05) is 18.2 Å². The van der Waals surface area contributed by atoms with Crippen LogP contribution in [0.15, 0.2) is 61.4 Å². The summed E-state index contributed by atoms with van der Waals surface area (Å²) in [5.41, 5.74) is 1.74. The highest BCUT2D eigenvalue weighted by molar-refractivity contribution is 5.70. The molecule has 0 aliphatic rings. The summed E-state index contributed by atoms with van der Waals surface area (Å²) >= 11 is 0. The van der Waals surface area contributed by atoms with Crippen LogP contribution in [0.2, 0.25) is 0 Å². The first-order valence-corrected chi connectivity index (χ1v) is 6.65. The van der Waals surface area contributed by atoms with E-state index in [0.717, 1.165) is 23.4 Å². The van der Waals surface area contributed by atoms with Crippen LogP contribution in [0.3, 0.4) is 0 Å². The zero-order valence-electron chi connectivity index (χ0n) is 11.4. The van der Waals surface area contributed by atoms with E-state index in [9.17, 15) is 5.11 Å². The second-order valence-electron chi connectivity index (χ2n) is 4.58. The Kier molecular flexibility index (Phi) is 3.82. The lowest BCUT2D eigenvalue weighted by molar-refractivity contribution is 0.299. The monoisotopic (exact) mass is 281 g/mol. The molecular formula is C16H15N3O2. The van der Waals surface area contributed by atoms with Crippen molar-refractivity contribution in [2.75, 3.05) is 6.61 Å². The van der Waals surface area contributed by atoms with Gasteiger partial charge in [0.2, 0.25) is 0 Å². The van der Waals surface area contributed by atoms with Crippen molar-refractivity contribution < 1.29 is 9.84 Å². The third kappa shape index (κ3) is 3.20. The van der Waals surface area contributed by atoms with Gasteiger partial charge in [0, 0.05) is 29.7 Å². The van der Waals surface area contributed by atoms with Gasteiger partial charge in [-0.3, -0.25) is 4.98 Å². The molecule has 0 saturated heterocycles. The molecule has 5 heteroatoms. The summed E-state index contributed by atoms with van der Waals surface area (Å²) in [4.78, 5) is 8.00. The number of aromatic nitrogens is 3. The highest BCUT2D eigenvalue weighted by Gasteiger charge is 2.07. The standard InChI is InChI=1S/C16H15N3O2/c20-14-9-13(10-18-11-14)15-3-1-2-4-16(15)21-8-7-19-6-5-17-12-19/h1-6,9-12,20H,7-8H2. The molecule has 21 heavy (non-hydrogen) atoms. The van der Waals surface area contributed by atoms with Crippen molar-refractivity contribution in [2.45, 2.75) is 6.54 Å². The molecule has 5 nitrogen and oxygen atoms in total. The van der Waals surface area contributed by atoms with E-state index in [1.165, 1.54) is 6.20 Å². The fourth-order valence-corrected chi connectivity index (χ4v) is 2.09. The Hall–Kier alpha value is -2.82. The first-order valence-electron chi connectivity index (χ1n) is 6.65. The van der Waals surface area contributed by atoms with Crippen LogP contribution in [-0.4, -0.2) is 26.2 Å². The van der Waals surface area contributed by atoms with E-state index < -0.39 is 0 Å². The van der Waals surface area contributed by atoms with Crippen LogP contribution in [0.4, 0.5) is 0 Å². The maximum absolute atomic E-state index is 9.55. The molecule has 0 amide bonds.